The van der Waals surface area contributed by atoms with E-state index in [0.29, 0.717) is 40.9 Å². The molecule has 4 rings (SSSR count). The van der Waals surface area contributed by atoms with Crippen LogP contribution in [0.4, 0.5) is 14.5 Å². The molecule has 1 atom stereocenters. The van der Waals surface area contributed by atoms with E-state index in [2.05, 4.69) is 21.9 Å². The predicted octanol–water partition coefficient (Wildman–Crippen LogP) is 4.15. The number of nitrogens with zero attached hydrogens (tertiary/aromatic N) is 2. The van der Waals surface area contributed by atoms with Gasteiger partial charge in [0.05, 0.1) is 23.2 Å². The van der Waals surface area contributed by atoms with Crippen molar-refractivity contribution in [2.75, 3.05) is 11.4 Å². The largest absolute Gasteiger partial charge is 0.351 e. The molecule has 1 saturated heterocycles. The molecule has 0 radical (unpaired) electrons. The minimum atomic E-state index is -0.451. The van der Waals surface area contributed by atoms with E-state index in [1.54, 1.807) is 18.3 Å². The monoisotopic (exact) mass is 402 g/mol. The third-order valence-electron chi connectivity index (χ3n) is 4.87. The van der Waals surface area contributed by atoms with Gasteiger partial charge in [0.25, 0.3) is 0 Å². The van der Waals surface area contributed by atoms with Crippen molar-refractivity contribution in [3.63, 3.8) is 0 Å². The average molecular weight is 403 g/mol. The van der Waals surface area contributed by atoms with Gasteiger partial charge in [0.2, 0.25) is 5.91 Å². The number of carbonyl (C=O) groups excluding carboxylic acids is 1. The first kappa shape index (κ1) is 18.4. The van der Waals surface area contributed by atoms with Crippen molar-refractivity contribution in [3.05, 3.63) is 71.2 Å². The zero-order valence-corrected chi connectivity index (χ0v) is 15.6. The zero-order valence-electron chi connectivity index (χ0n) is 14.8. The number of nitrogens with one attached hydrogen (secondary N) is 2. The predicted molar refractivity (Wildman–Crippen MR) is 104 cm³/mol. The Morgan fingerprint density at radius 3 is 2.96 bits per heavy atom. The van der Waals surface area contributed by atoms with E-state index in [1.165, 1.54) is 18.3 Å². The molecular weight excluding hydrogens is 386 g/mol. The van der Waals surface area contributed by atoms with Crippen molar-refractivity contribution in [1.82, 2.24) is 15.3 Å². The van der Waals surface area contributed by atoms with Crippen molar-refractivity contribution in [2.45, 2.75) is 13.0 Å². The maximum atomic E-state index is 13.8. The molecule has 1 unspecified atom stereocenters. The Balaban J connectivity index is 1.45. The second-order valence-corrected chi connectivity index (χ2v) is 7.14. The topological polar surface area (TPSA) is 61.0 Å². The Bertz CT molecular complexity index is 1060. The van der Waals surface area contributed by atoms with Crippen LogP contribution in [-0.2, 0) is 11.3 Å². The lowest BCUT2D eigenvalue weighted by atomic mass is 10.1. The minimum absolute atomic E-state index is 0.169. The normalized spacial score (nSPS) is 16.8. The molecule has 0 bridgehead atoms. The number of aromatic nitrogens is 2. The summed E-state index contributed by atoms with van der Waals surface area (Å²) in [6.07, 6.45) is 3.45. The molecule has 2 aromatic heterocycles. The molecule has 144 valence electrons. The quantitative estimate of drug-likeness (QED) is 0.689. The molecule has 28 heavy (non-hydrogen) atoms. The second kappa shape index (κ2) is 7.24. The summed E-state index contributed by atoms with van der Waals surface area (Å²) in [6.45, 7) is 4.78. The van der Waals surface area contributed by atoms with Crippen LogP contribution in [0.3, 0.4) is 0 Å². The molecule has 3 aromatic rings. The Labute approximate surface area is 165 Å². The molecule has 1 aromatic carbocycles. The molecular formula is C20H17ClF2N4O. The molecule has 1 fully saturated rings. The molecule has 1 amide bonds. The summed E-state index contributed by atoms with van der Waals surface area (Å²) in [6, 6.07) is 5.83. The second-order valence-electron chi connectivity index (χ2n) is 6.71. The fraction of sp³-hybridized carbons (Fsp3) is 0.200. The van der Waals surface area contributed by atoms with Crippen LogP contribution < -0.4 is 10.2 Å². The number of aromatic amines is 1. The first-order chi connectivity index (χ1) is 13.4. The lowest BCUT2D eigenvalue weighted by molar-refractivity contribution is -0.123. The zero-order chi connectivity index (χ0) is 19.8. The maximum absolute atomic E-state index is 13.8. The van der Waals surface area contributed by atoms with Crippen LogP contribution in [0.1, 0.15) is 12.0 Å². The fourth-order valence-corrected chi connectivity index (χ4v) is 3.71. The summed E-state index contributed by atoms with van der Waals surface area (Å²) in [7, 11) is 0. The molecule has 2 N–H and O–H groups in total. The number of benzene rings is 1. The van der Waals surface area contributed by atoms with Crippen LogP contribution in [0.5, 0.6) is 0 Å². The summed E-state index contributed by atoms with van der Waals surface area (Å²) in [5.74, 6) is -1.45. The van der Waals surface area contributed by atoms with E-state index in [0.717, 1.165) is 0 Å². The van der Waals surface area contributed by atoms with Crippen LogP contribution in [0.2, 0.25) is 5.02 Å². The molecule has 1 aliphatic heterocycles. The van der Waals surface area contributed by atoms with Gasteiger partial charge in [0, 0.05) is 30.0 Å². The average Bonchev–Trinajstić information content (AvgIpc) is 3.22. The molecule has 0 saturated carbocycles. The Morgan fingerprint density at radius 1 is 1.36 bits per heavy atom. The number of fused-ring (bicyclic) bond motifs is 1. The van der Waals surface area contributed by atoms with Crippen LogP contribution in [-0.4, -0.2) is 22.4 Å². The number of pyridine rings is 1. The molecule has 0 spiro atoms. The van der Waals surface area contributed by atoms with E-state index >= 15 is 0 Å². The van der Waals surface area contributed by atoms with Gasteiger partial charge in [-0.15, -0.1) is 0 Å². The van der Waals surface area contributed by atoms with Gasteiger partial charge >= 0.3 is 0 Å². The molecule has 0 aliphatic carbocycles. The van der Waals surface area contributed by atoms with E-state index in [-0.39, 0.29) is 23.3 Å². The number of amides is 1. The summed E-state index contributed by atoms with van der Waals surface area (Å²) < 4.78 is 27.2. The molecule has 5 nitrogen and oxygen atoms in total. The van der Waals surface area contributed by atoms with Crippen LogP contribution >= 0.6 is 11.6 Å². The number of hydrogen-bond acceptors (Lipinski definition) is 3. The number of rotatable bonds is 4. The van der Waals surface area contributed by atoms with Crippen molar-refractivity contribution in [3.8, 4) is 0 Å². The molecule has 8 heteroatoms. The van der Waals surface area contributed by atoms with Crippen molar-refractivity contribution in [1.29, 1.82) is 0 Å². The van der Waals surface area contributed by atoms with Gasteiger partial charge in [-0.1, -0.05) is 18.2 Å². The Morgan fingerprint density at radius 2 is 2.18 bits per heavy atom. The van der Waals surface area contributed by atoms with Crippen LogP contribution in [0, 0.1) is 17.6 Å². The fourth-order valence-electron chi connectivity index (χ4n) is 3.47. The highest BCUT2D eigenvalue weighted by molar-refractivity contribution is 6.30. The van der Waals surface area contributed by atoms with Gasteiger partial charge < -0.3 is 15.2 Å². The van der Waals surface area contributed by atoms with E-state index in [9.17, 15) is 13.6 Å². The van der Waals surface area contributed by atoms with Crippen molar-refractivity contribution < 1.29 is 13.6 Å². The summed E-state index contributed by atoms with van der Waals surface area (Å²) in [4.78, 5) is 21.4. The summed E-state index contributed by atoms with van der Waals surface area (Å²) in [5.41, 5.74) is 2.35. The highest BCUT2D eigenvalue weighted by Gasteiger charge is 2.32. The lowest BCUT2D eigenvalue weighted by Crippen LogP contribution is -2.31. The minimum Gasteiger partial charge on any atom is -0.351 e. The smallest absolute Gasteiger partial charge is 0.229 e. The number of H-pyrrole nitrogens is 1. The third kappa shape index (κ3) is 3.45. The van der Waals surface area contributed by atoms with E-state index in [1.807, 2.05) is 4.90 Å². The summed E-state index contributed by atoms with van der Waals surface area (Å²) in [5, 5.41) is 3.47. The van der Waals surface area contributed by atoms with Crippen LogP contribution in [0.15, 0.2) is 48.9 Å². The van der Waals surface area contributed by atoms with E-state index in [4.69, 9.17) is 11.6 Å². The Hall–Kier alpha value is -2.93. The highest BCUT2D eigenvalue weighted by atomic mass is 35.5. The first-order valence-corrected chi connectivity index (χ1v) is 9.12. The third-order valence-corrected chi connectivity index (χ3v) is 5.09. The van der Waals surface area contributed by atoms with E-state index < -0.39 is 11.7 Å². The molecule has 1 aliphatic rings. The SMILES string of the molecule is C=C1C(C(=O)NCc2cc(F)cc(Cl)c2)CCN1c1cnc2[nH]cc(F)c2c1. The standard InChI is InChI=1S/C20H17ClF2N4O/c1-11-16(20(28)26-8-12-4-13(21)6-14(22)5-12)2-3-27(11)15-7-17-18(23)10-25-19(17)24-9-15/h4-7,9-10,16H,1-3,8H2,(H,24,25)(H,26,28). The van der Waals surface area contributed by atoms with Gasteiger partial charge in [0.15, 0.2) is 0 Å². The highest BCUT2D eigenvalue weighted by Crippen LogP contribution is 2.33. The lowest BCUT2D eigenvalue weighted by Gasteiger charge is -2.21. The number of anilines is 1. The summed E-state index contributed by atoms with van der Waals surface area (Å²) >= 11 is 5.84. The van der Waals surface area contributed by atoms with Crippen LogP contribution in [0.25, 0.3) is 11.0 Å². The number of carbonyl (C=O) groups is 1. The van der Waals surface area contributed by atoms with Gasteiger partial charge in [0.1, 0.15) is 17.3 Å². The Kier molecular flexibility index (Phi) is 4.77. The van der Waals surface area contributed by atoms with Crippen molar-refractivity contribution >= 4 is 34.2 Å². The first-order valence-electron chi connectivity index (χ1n) is 8.74. The van der Waals surface area contributed by atoms with Gasteiger partial charge in [-0.25, -0.2) is 13.8 Å². The van der Waals surface area contributed by atoms with Gasteiger partial charge in [-0.3, -0.25) is 4.79 Å². The van der Waals surface area contributed by atoms with Gasteiger partial charge in [-0.2, -0.15) is 0 Å². The van der Waals surface area contributed by atoms with Crippen molar-refractivity contribution in [2.24, 2.45) is 5.92 Å². The van der Waals surface area contributed by atoms with Gasteiger partial charge in [-0.05, 0) is 36.2 Å². The molecule has 3 heterocycles. The number of halogens is 3. The maximum Gasteiger partial charge on any atom is 0.229 e. The number of hydrogen-bond donors (Lipinski definition) is 2.